The van der Waals surface area contributed by atoms with Crippen molar-refractivity contribution in [2.75, 3.05) is 21.3 Å². The highest BCUT2D eigenvalue weighted by Gasteiger charge is 2.19. The minimum absolute atomic E-state index is 0.0752. The molecule has 0 atom stereocenters. The van der Waals surface area contributed by atoms with E-state index in [1.807, 2.05) is 24.3 Å². The Bertz CT molecular complexity index is 612. The molecule has 0 amide bonds. The molecule has 0 saturated carbocycles. The van der Waals surface area contributed by atoms with E-state index in [0.717, 1.165) is 5.56 Å². The molecule has 0 aliphatic heterocycles. The average molecular weight is 286 g/mol. The van der Waals surface area contributed by atoms with Gasteiger partial charge < -0.3 is 14.2 Å². The van der Waals surface area contributed by atoms with Crippen molar-refractivity contribution in [1.82, 2.24) is 0 Å². The van der Waals surface area contributed by atoms with Crippen LogP contribution >= 0.6 is 0 Å². The van der Waals surface area contributed by atoms with Gasteiger partial charge in [-0.1, -0.05) is 24.3 Å². The fourth-order valence-corrected chi connectivity index (χ4v) is 2.24. The van der Waals surface area contributed by atoms with E-state index in [1.165, 1.54) is 14.2 Å². The van der Waals surface area contributed by atoms with Gasteiger partial charge in [-0.2, -0.15) is 0 Å². The number of Topliss-reactive ketones (excluding diaryl/α,β-unsaturated/α-hetero) is 1. The quantitative estimate of drug-likeness (QED) is 0.765. The molecule has 0 radical (unpaired) electrons. The second-order valence-corrected chi connectivity index (χ2v) is 4.45. The molecule has 0 saturated heterocycles. The van der Waals surface area contributed by atoms with Crippen molar-refractivity contribution in [3.63, 3.8) is 0 Å². The highest BCUT2D eigenvalue weighted by atomic mass is 16.5. The molecule has 0 bridgehead atoms. The fourth-order valence-electron chi connectivity index (χ4n) is 2.24. The van der Waals surface area contributed by atoms with Gasteiger partial charge in [-0.15, -0.1) is 0 Å². The maximum atomic E-state index is 12.6. The first kappa shape index (κ1) is 14.9. The summed E-state index contributed by atoms with van der Waals surface area (Å²) in [5.41, 5.74) is 1.28. The molecule has 21 heavy (non-hydrogen) atoms. The zero-order valence-corrected chi connectivity index (χ0v) is 12.4. The Morgan fingerprint density at radius 3 is 1.90 bits per heavy atom. The van der Waals surface area contributed by atoms with Gasteiger partial charge in [0.15, 0.2) is 5.78 Å². The first-order valence-electron chi connectivity index (χ1n) is 6.57. The van der Waals surface area contributed by atoms with Crippen molar-refractivity contribution in [1.29, 1.82) is 0 Å². The molecule has 0 aliphatic carbocycles. The van der Waals surface area contributed by atoms with Gasteiger partial charge in [-0.25, -0.2) is 0 Å². The Morgan fingerprint density at radius 2 is 1.33 bits per heavy atom. The van der Waals surface area contributed by atoms with Crippen LogP contribution in [0.5, 0.6) is 17.2 Å². The summed E-state index contributed by atoms with van der Waals surface area (Å²) in [5, 5.41) is 0. The lowest BCUT2D eigenvalue weighted by Gasteiger charge is -2.13. The molecule has 0 N–H and O–H groups in total. The maximum absolute atomic E-state index is 12.6. The number of hydrogen-bond acceptors (Lipinski definition) is 4. The Morgan fingerprint density at radius 1 is 0.810 bits per heavy atom. The van der Waals surface area contributed by atoms with Crippen LogP contribution in [0.4, 0.5) is 0 Å². The smallest absolute Gasteiger partial charge is 0.174 e. The summed E-state index contributed by atoms with van der Waals surface area (Å²) in [7, 11) is 4.66. The zero-order valence-electron chi connectivity index (χ0n) is 12.4. The lowest BCUT2D eigenvalue weighted by molar-refractivity contribution is 0.0986. The predicted molar refractivity (Wildman–Crippen MR) is 80.6 cm³/mol. The average Bonchev–Trinajstić information content (AvgIpc) is 2.54. The van der Waals surface area contributed by atoms with E-state index in [0.29, 0.717) is 22.8 Å². The van der Waals surface area contributed by atoms with Crippen molar-refractivity contribution >= 4 is 5.78 Å². The number of carbonyl (C=O) groups is 1. The number of carbonyl (C=O) groups excluding carboxylic acids is 1. The summed E-state index contributed by atoms with van der Waals surface area (Å²) in [6, 6.07) is 12.7. The lowest BCUT2D eigenvalue weighted by atomic mass is 10.0. The molecule has 0 unspecified atom stereocenters. The van der Waals surface area contributed by atoms with Gasteiger partial charge in [-0.05, 0) is 18.2 Å². The number of para-hydroxylation sites is 1. The van der Waals surface area contributed by atoms with Gasteiger partial charge in [-0.3, -0.25) is 4.79 Å². The van der Waals surface area contributed by atoms with Gasteiger partial charge in [0.1, 0.15) is 22.8 Å². The summed E-state index contributed by atoms with van der Waals surface area (Å²) in [6.45, 7) is 0. The number of hydrogen-bond donors (Lipinski definition) is 0. The van der Waals surface area contributed by atoms with E-state index in [-0.39, 0.29) is 12.2 Å². The van der Waals surface area contributed by atoms with Gasteiger partial charge in [0.25, 0.3) is 0 Å². The monoisotopic (exact) mass is 286 g/mol. The third kappa shape index (κ3) is 3.16. The first-order chi connectivity index (χ1) is 10.2. The van der Waals surface area contributed by atoms with Crippen LogP contribution in [0, 0.1) is 0 Å². The van der Waals surface area contributed by atoms with E-state index >= 15 is 0 Å². The minimum atomic E-state index is -0.0752. The van der Waals surface area contributed by atoms with Gasteiger partial charge in [0, 0.05) is 12.0 Å². The van der Waals surface area contributed by atoms with Crippen LogP contribution in [0.15, 0.2) is 42.5 Å². The summed E-state index contributed by atoms with van der Waals surface area (Å²) in [5.74, 6) is 1.64. The SMILES string of the molecule is COc1ccccc1CC(=O)c1c(OC)cccc1OC. The molecule has 0 fully saturated rings. The predicted octanol–water partition coefficient (Wildman–Crippen LogP) is 3.14. The molecule has 2 aromatic carbocycles. The molecule has 4 nitrogen and oxygen atoms in total. The largest absolute Gasteiger partial charge is 0.496 e. The van der Waals surface area contributed by atoms with Crippen LogP contribution in [0.25, 0.3) is 0 Å². The fraction of sp³-hybridized carbons (Fsp3) is 0.235. The summed E-state index contributed by atoms with van der Waals surface area (Å²) < 4.78 is 15.8. The van der Waals surface area contributed by atoms with Gasteiger partial charge >= 0.3 is 0 Å². The Balaban J connectivity index is 2.36. The van der Waals surface area contributed by atoms with E-state index in [2.05, 4.69) is 0 Å². The topological polar surface area (TPSA) is 44.8 Å². The number of rotatable bonds is 6. The number of benzene rings is 2. The van der Waals surface area contributed by atoms with Crippen LogP contribution in [0.3, 0.4) is 0 Å². The molecule has 0 heterocycles. The maximum Gasteiger partial charge on any atom is 0.174 e. The number of ether oxygens (including phenoxy) is 3. The Labute approximate surface area is 124 Å². The van der Waals surface area contributed by atoms with E-state index < -0.39 is 0 Å². The summed E-state index contributed by atoms with van der Waals surface area (Å²) in [6.07, 6.45) is 0.223. The van der Waals surface area contributed by atoms with Crippen molar-refractivity contribution in [3.05, 3.63) is 53.6 Å². The molecular weight excluding hydrogens is 268 g/mol. The van der Waals surface area contributed by atoms with Crippen molar-refractivity contribution in [2.24, 2.45) is 0 Å². The van der Waals surface area contributed by atoms with Crippen LogP contribution in [0.1, 0.15) is 15.9 Å². The minimum Gasteiger partial charge on any atom is -0.496 e. The first-order valence-corrected chi connectivity index (χ1v) is 6.57. The molecule has 2 aromatic rings. The van der Waals surface area contributed by atoms with Crippen LogP contribution in [-0.2, 0) is 6.42 Å². The van der Waals surface area contributed by atoms with Gasteiger partial charge in [0.2, 0.25) is 0 Å². The highest BCUT2D eigenvalue weighted by Crippen LogP contribution is 2.30. The molecule has 0 spiro atoms. The standard InChI is InChI=1S/C17H18O4/c1-19-14-8-5-4-7-12(14)11-13(18)17-15(20-2)9-6-10-16(17)21-3/h4-10H,11H2,1-3H3. The van der Waals surface area contributed by atoms with Crippen molar-refractivity contribution < 1.29 is 19.0 Å². The molecule has 0 aliphatic rings. The highest BCUT2D eigenvalue weighted by molar-refractivity contribution is 6.02. The van der Waals surface area contributed by atoms with Crippen LogP contribution in [0.2, 0.25) is 0 Å². The van der Waals surface area contributed by atoms with Crippen molar-refractivity contribution in [3.8, 4) is 17.2 Å². The normalized spacial score (nSPS) is 10.0. The zero-order chi connectivity index (χ0) is 15.2. The molecular formula is C17H18O4. The lowest BCUT2D eigenvalue weighted by Crippen LogP contribution is -2.08. The second kappa shape index (κ2) is 6.79. The van der Waals surface area contributed by atoms with Crippen LogP contribution < -0.4 is 14.2 Å². The third-order valence-corrected chi connectivity index (χ3v) is 3.25. The van der Waals surface area contributed by atoms with E-state index in [4.69, 9.17) is 14.2 Å². The van der Waals surface area contributed by atoms with Gasteiger partial charge in [0.05, 0.1) is 21.3 Å². The van der Waals surface area contributed by atoms with Crippen LogP contribution in [-0.4, -0.2) is 27.1 Å². The third-order valence-electron chi connectivity index (χ3n) is 3.25. The number of ketones is 1. The summed E-state index contributed by atoms with van der Waals surface area (Å²) in [4.78, 5) is 12.6. The van der Waals surface area contributed by atoms with E-state index in [9.17, 15) is 4.79 Å². The van der Waals surface area contributed by atoms with Crippen molar-refractivity contribution in [2.45, 2.75) is 6.42 Å². The molecule has 0 aromatic heterocycles. The Hall–Kier alpha value is -2.49. The Kier molecular flexibility index (Phi) is 4.82. The molecule has 4 heteroatoms. The molecule has 2 rings (SSSR count). The molecule has 110 valence electrons. The number of methoxy groups -OCH3 is 3. The second-order valence-electron chi connectivity index (χ2n) is 4.45. The van der Waals surface area contributed by atoms with E-state index in [1.54, 1.807) is 25.3 Å². The summed E-state index contributed by atoms with van der Waals surface area (Å²) >= 11 is 0.